The van der Waals surface area contributed by atoms with Gasteiger partial charge in [0.25, 0.3) is 10.1 Å². The van der Waals surface area contributed by atoms with Crippen LogP contribution in [0, 0.1) is 0 Å². The highest BCUT2D eigenvalue weighted by Crippen LogP contribution is 2.11. The summed E-state index contributed by atoms with van der Waals surface area (Å²) >= 11 is 0. The van der Waals surface area contributed by atoms with E-state index in [1.165, 1.54) is 7.11 Å². The minimum Gasteiger partial charge on any atom is -0.465 e. The number of ether oxygens (including phenoxy) is 1. The van der Waals surface area contributed by atoms with Crippen molar-refractivity contribution in [2.75, 3.05) is 7.11 Å². The van der Waals surface area contributed by atoms with Gasteiger partial charge in [-0.3, -0.25) is 4.55 Å². The molecule has 6 nitrogen and oxygen atoms in total. The monoisotopic (exact) mass is 288 g/mol. The van der Waals surface area contributed by atoms with E-state index in [2.05, 4.69) is 4.74 Å². The zero-order valence-corrected chi connectivity index (χ0v) is 11.3. The first-order chi connectivity index (χ1) is 8.84. The minimum absolute atomic E-state index is 0.0441. The summed E-state index contributed by atoms with van der Waals surface area (Å²) in [7, 11) is -3.09. The Hall–Kier alpha value is -1.44. The Kier molecular flexibility index (Phi) is 5.46. The Morgan fingerprint density at radius 2 is 1.89 bits per heavy atom. The number of aryl methyl sites for hydroxylation is 1. The molecule has 0 spiro atoms. The Labute approximate surface area is 111 Å². The molecule has 106 valence electrons. The SMILES string of the molecule is COC(=O)c1ccc(CCCC(O)S(=O)(=O)O)cc1. The molecule has 0 bridgehead atoms. The molecule has 1 aromatic carbocycles. The van der Waals surface area contributed by atoms with Gasteiger partial charge in [0.1, 0.15) is 0 Å². The first kappa shape index (κ1) is 15.6. The van der Waals surface area contributed by atoms with Crippen molar-refractivity contribution in [2.24, 2.45) is 0 Å². The fourth-order valence-electron chi connectivity index (χ4n) is 1.56. The highest BCUT2D eigenvalue weighted by molar-refractivity contribution is 7.86. The third-order valence-corrected chi connectivity index (χ3v) is 3.56. The van der Waals surface area contributed by atoms with Crippen molar-refractivity contribution in [3.05, 3.63) is 35.4 Å². The maximum atomic E-state index is 11.2. The maximum Gasteiger partial charge on any atom is 0.337 e. The van der Waals surface area contributed by atoms with Crippen molar-refractivity contribution in [2.45, 2.75) is 24.7 Å². The molecule has 0 aliphatic carbocycles. The van der Waals surface area contributed by atoms with Crippen LogP contribution in [-0.2, 0) is 21.3 Å². The number of benzene rings is 1. The van der Waals surface area contributed by atoms with Gasteiger partial charge in [0.05, 0.1) is 12.7 Å². The molecule has 7 heteroatoms. The molecule has 1 unspecified atom stereocenters. The van der Waals surface area contributed by atoms with E-state index in [0.29, 0.717) is 18.4 Å². The van der Waals surface area contributed by atoms with Crippen molar-refractivity contribution in [3.8, 4) is 0 Å². The van der Waals surface area contributed by atoms with E-state index in [1.54, 1.807) is 24.3 Å². The Morgan fingerprint density at radius 1 is 1.32 bits per heavy atom. The standard InChI is InChI=1S/C12H16O6S/c1-18-12(14)10-7-5-9(6-8-10)3-2-4-11(13)19(15,16)17/h5-8,11,13H,2-4H2,1H3,(H,15,16,17). The molecule has 1 atom stereocenters. The molecular formula is C12H16O6S. The lowest BCUT2D eigenvalue weighted by molar-refractivity contribution is 0.0600. The van der Waals surface area contributed by atoms with Gasteiger partial charge in [0.15, 0.2) is 5.44 Å². The van der Waals surface area contributed by atoms with E-state index >= 15 is 0 Å². The first-order valence-corrected chi connectivity index (χ1v) is 7.16. The van der Waals surface area contributed by atoms with Gasteiger partial charge in [-0.15, -0.1) is 0 Å². The summed E-state index contributed by atoms with van der Waals surface area (Å²) in [4.78, 5) is 11.2. The highest BCUT2D eigenvalue weighted by atomic mass is 32.2. The van der Waals surface area contributed by atoms with Crippen molar-refractivity contribution >= 4 is 16.1 Å². The number of hydrogen-bond acceptors (Lipinski definition) is 5. The number of esters is 1. The zero-order chi connectivity index (χ0) is 14.5. The number of aliphatic hydroxyl groups excluding tert-OH is 1. The van der Waals surface area contributed by atoms with Crippen LogP contribution in [0.5, 0.6) is 0 Å². The van der Waals surface area contributed by atoms with Crippen LogP contribution in [0.2, 0.25) is 0 Å². The van der Waals surface area contributed by atoms with Gasteiger partial charge in [-0.25, -0.2) is 4.79 Å². The molecule has 0 fully saturated rings. The molecule has 0 aliphatic heterocycles. The minimum atomic E-state index is -4.38. The topological polar surface area (TPSA) is 101 Å². The molecule has 1 aromatic rings. The van der Waals surface area contributed by atoms with Crippen LogP contribution in [0.15, 0.2) is 24.3 Å². The average Bonchev–Trinajstić information content (AvgIpc) is 2.37. The van der Waals surface area contributed by atoms with E-state index < -0.39 is 21.5 Å². The quantitative estimate of drug-likeness (QED) is 0.598. The van der Waals surface area contributed by atoms with Crippen LogP contribution < -0.4 is 0 Å². The molecule has 0 saturated carbocycles. The second-order valence-electron chi connectivity index (χ2n) is 4.05. The molecule has 0 saturated heterocycles. The summed E-state index contributed by atoms with van der Waals surface area (Å²) in [6, 6.07) is 6.68. The smallest absolute Gasteiger partial charge is 0.337 e. The zero-order valence-electron chi connectivity index (χ0n) is 10.4. The second-order valence-corrected chi connectivity index (χ2v) is 5.62. The molecule has 2 N–H and O–H groups in total. The normalized spacial score (nSPS) is 13.0. The van der Waals surface area contributed by atoms with Gasteiger partial charge in [-0.1, -0.05) is 12.1 Å². The molecule has 0 aliphatic rings. The molecular weight excluding hydrogens is 272 g/mol. The third-order valence-electron chi connectivity index (χ3n) is 2.64. The second kappa shape index (κ2) is 6.65. The van der Waals surface area contributed by atoms with Crippen LogP contribution >= 0.6 is 0 Å². The molecule has 0 aromatic heterocycles. The lowest BCUT2D eigenvalue weighted by Crippen LogP contribution is -2.19. The number of hydrogen-bond donors (Lipinski definition) is 2. The lowest BCUT2D eigenvalue weighted by atomic mass is 10.1. The number of carbonyl (C=O) groups excluding carboxylic acids is 1. The summed E-state index contributed by atoms with van der Waals surface area (Å²) in [6.45, 7) is 0. The lowest BCUT2D eigenvalue weighted by Gasteiger charge is -2.07. The number of aliphatic hydroxyl groups is 1. The van der Waals surface area contributed by atoms with E-state index in [1.807, 2.05) is 0 Å². The summed E-state index contributed by atoms with van der Waals surface area (Å²) in [5, 5.41) is 9.11. The molecule has 1 rings (SSSR count). The maximum absolute atomic E-state index is 11.2. The van der Waals surface area contributed by atoms with Gasteiger partial charge in [0.2, 0.25) is 0 Å². The summed E-state index contributed by atoms with van der Waals surface area (Å²) in [6.07, 6.45) is 0.893. The molecule has 0 heterocycles. The van der Waals surface area contributed by atoms with Crippen molar-refractivity contribution in [1.29, 1.82) is 0 Å². The highest BCUT2D eigenvalue weighted by Gasteiger charge is 2.18. The Morgan fingerprint density at radius 3 is 2.37 bits per heavy atom. The van der Waals surface area contributed by atoms with Crippen molar-refractivity contribution in [3.63, 3.8) is 0 Å². The average molecular weight is 288 g/mol. The first-order valence-electron chi connectivity index (χ1n) is 5.66. The summed E-state index contributed by atoms with van der Waals surface area (Å²) in [5.74, 6) is -0.423. The van der Waals surface area contributed by atoms with E-state index in [9.17, 15) is 13.2 Å². The van der Waals surface area contributed by atoms with Crippen LogP contribution in [0.25, 0.3) is 0 Å². The van der Waals surface area contributed by atoms with Gasteiger partial charge in [-0.2, -0.15) is 8.42 Å². The van der Waals surface area contributed by atoms with E-state index in [0.717, 1.165) is 5.56 Å². The number of rotatable bonds is 6. The fourth-order valence-corrected chi connectivity index (χ4v) is 2.02. The van der Waals surface area contributed by atoms with Crippen molar-refractivity contribution < 1.29 is 27.6 Å². The van der Waals surface area contributed by atoms with Gasteiger partial charge in [-0.05, 0) is 37.0 Å². The predicted octanol–water partition coefficient (Wildman–Crippen LogP) is 1.00. The van der Waals surface area contributed by atoms with Gasteiger partial charge in [0, 0.05) is 0 Å². The third kappa shape index (κ3) is 4.98. The van der Waals surface area contributed by atoms with Gasteiger partial charge < -0.3 is 9.84 Å². The van der Waals surface area contributed by atoms with E-state index in [-0.39, 0.29) is 6.42 Å². The van der Waals surface area contributed by atoms with E-state index in [4.69, 9.17) is 9.66 Å². The summed E-state index contributed by atoms with van der Waals surface area (Å²) < 4.78 is 34.3. The van der Waals surface area contributed by atoms with Crippen LogP contribution in [0.3, 0.4) is 0 Å². The Balaban J connectivity index is 2.49. The molecule has 19 heavy (non-hydrogen) atoms. The van der Waals surface area contributed by atoms with Gasteiger partial charge >= 0.3 is 5.97 Å². The molecule has 0 amide bonds. The molecule has 0 radical (unpaired) electrons. The number of methoxy groups -OCH3 is 1. The fraction of sp³-hybridized carbons (Fsp3) is 0.417. The number of carbonyl (C=O) groups is 1. The van der Waals surface area contributed by atoms with Crippen LogP contribution in [0.1, 0.15) is 28.8 Å². The summed E-state index contributed by atoms with van der Waals surface area (Å²) in [5.41, 5.74) is -0.416. The van der Waals surface area contributed by atoms with Crippen LogP contribution in [0.4, 0.5) is 0 Å². The van der Waals surface area contributed by atoms with Crippen LogP contribution in [-0.4, -0.2) is 36.6 Å². The predicted molar refractivity (Wildman–Crippen MR) is 68.3 cm³/mol. The van der Waals surface area contributed by atoms with Crippen molar-refractivity contribution in [1.82, 2.24) is 0 Å². The Bertz CT molecular complexity index is 520. The largest absolute Gasteiger partial charge is 0.465 e.